The Kier molecular flexibility index (Phi) is 6.47. The maximum Gasteiger partial charge on any atom is 0.331 e. The molecular formula is C24H25N3O3. The number of ether oxygens (including phenoxy) is 1. The minimum atomic E-state index is -0.943. The first-order valence-electron chi connectivity index (χ1n) is 9.71. The maximum absolute atomic E-state index is 12.6. The van der Waals surface area contributed by atoms with E-state index >= 15 is 0 Å². The largest absolute Gasteiger partial charge is 0.449 e. The molecule has 6 nitrogen and oxygen atoms in total. The fourth-order valence-corrected chi connectivity index (χ4v) is 3.15. The first-order chi connectivity index (χ1) is 14.4. The van der Waals surface area contributed by atoms with Crippen molar-refractivity contribution < 1.29 is 14.3 Å². The van der Waals surface area contributed by atoms with E-state index in [2.05, 4.69) is 10.4 Å². The van der Waals surface area contributed by atoms with Gasteiger partial charge in [0.25, 0.3) is 5.91 Å². The Bertz CT molecular complexity index is 1080. The third-order valence-electron chi connectivity index (χ3n) is 4.88. The molecule has 1 N–H and O–H groups in total. The molecule has 1 heterocycles. The predicted octanol–water partition coefficient (Wildman–Crippen LogP) is 4.29. The lowest BCUT2D eigenvalue weighted by atomic mass is 10.0. The van der Waals surface area contributed by atoms with Crippen LogP contribution in [0.2, 0.25) is 0 Å². The van der Waals surface area contributed by atoms with Gasteiger partial charge in [-0.3, -0.25) is 9.48 Å². The number of amides is 1. The second-order valence-corrected chi connectivity index (χ2v) is 7.02. The zero-order valence-corrected chi connectivity index (χ0v) is 17.5. The molecule has 2 aromatic carbocycles. The van der Waals surface area contributed by atoms with Gasteiger partial charge >= 0.3 is 5.97 Å². The van der Waals surface area contributed by atoms with Crippen LogP contribution in [-0.4, -0.2) is 27.8 Å². The molecule has 0 bridgehead atoms. The Balaban J connectivity index is 1.66. The number of para-hydroxylation sites is 1. The first-order valence-corrected chi connectivity index (χ1v) is 9.71. The predicted molar refractivity (Wildman–Crippen MR) is 118 cm³/mol. The molecule has 30 heavy (non-hydrogen) atoms. The van der Waals surface area contributed by atoms with E-state index in [9.17, 15) is 9.59 Å². The lowest BCUT2D eigenvalue weighted by Gasteiger charge is -2.15. The molecule has 0 saturated heterocycles. The van der Waals surface area contributed by atoms with E-state index in [4.69, 9.17) is 4.74 Å². The summed E-state index contributed by atoms with van der Waals surface area (Å²) in [6, 6.07) is 17.3. The van der Waals surface area contributed by atoms with Gasteiger partial charge < -0.3 is 10.1 Å². The summed E-state index contributed by atoms with van der Waals surface area (Å²) in [4.78, 5) is 24.8. The molecule has 0 saturated carbocycles. The van der Waals surface area contributed by atoms with Gasteiger partial charge in [0.1, 0.15) is 0 Å². The highest BCUT2D eigenvalue weighted by Crippen LogP contribution is 2.27. The topological polar surface area (TPSA) is 73.2 Å². The van der Waals surface area contributed by atoms with Crippen molar-refractivity contribution in [2.75, 3.05) is 5.32 Å². The molecule has 1 aromatic heterocycles. The number of anilines is 1. The second kappa shape index (κ2) is 9.22. The van der Waals surface area contributed by atoms with Gasteiger partial charge in [0, 0.05) is 35.6 Å². The molecule has 0 radical (unpaired) electrons. The van der Waals surface area contributed by atoms with Crippen molar-refractivity contribution >= 4 is 23.6 Å². The average molecular weight is 403 g/mol. The SMILES string of the molecule is Cc1nn(C)c(C)c1/C=C/C(=O)O[C@@H](C)C(=O)Nc1ccccc1-c1ccccc1. The monoisotopic (exact) mass is 403 g/mol. The summed E-state index contributed by atoms with van der Waals surface area (Å²) in [6.07, 6.45) is 2.04. The zero-order valence-electron chi connectivity index (χ0n) is 17.5. The molecule has 154 valence electrons. The quantitative estimate of drug-likeness (QED) is 0.492. The molecule has 0 aliphatic heterocycles. The summed E-state index contributed by atoms with van der Waals surface area (Å²) in [5, 5.41) is 7.16. The van der Waals surface area contributed by atoms with Crippen LogP contribution < -0.4 is 5.32 Å². The Morgan fingerprint density at radius 1 is 1.07 bits per heavy atom. The van der Waals surface area contributed by atoms with Crippen LogP contribution in [0.15, 0.2) is 60.7 Å². The van der Waals surface area contributed by atoms with Crippen LogP contribution in [0.1, 0.15) is 23.9 Å². The Morgan fingerprint density at radius 3 is 2.40 bits per heavy atom. The lowest BCUT2D eigenvalue weighted by molar-refractivity contribution is -0.148. The Hall–Kier alpha value is -3.67. The van der Waals surface area contributed by atoms with Crippen molar-refractivity contribution in [3.8, 4) is 11.1 Å². The fraction of sp³-hybridized carbons (Fsp3) is 0.208. The van der Waals surface area contributed by atoms with Crippen LogP contribution in [0, 0.1) is 13.8 Å². The van der Waals surface area contributed by atoms with Crippen LogP contribution in [0.5, 0.6) is 0 Å². The highest BCUT2D eigenvalue weighted by molar-refractivity contribution is 5.99. The molecule has 1 amide bonds. The van der Waals surface area contributed by atoms with Crippen LogP contribution in [0.3, 0.4) is 0 Å². The molecule has 0 aliphatic rings. The van der Waals surface area contributed by atoms with Crippen LogP contribution in [-0.2, 0) is 21.4 Å². The zero-order chi connectivity index (χ0) is 21.7. The van der Waals surface area contributed by atoms with Gasteiger partial charge in [0.2, 0.25) is 0 Å². The molecule has 6 heteroatoms. The number of nitrogens with zero attached hydrogens (tertiary/aromatic N) is 2. The van der Waals surface area contributed by atoms with Gasteiger partial charge in [0.05, 0.1) is 5.69 Å². The van der Waals surface area contributed by atoms with E-state index in [-0.39, 0.29) is 0 Å². The van der Waals surface area contributed by atoms with Gasteiger partial charge in [0.15, 0.2) is 6.10 Å². The summed E-state index contributed by atoms with van der Waals surface area (Å²) in [6.45, 7) is 5.34. The Morgan fingerprint density at radius 2 is 1.73 bits per heavy atom. The highest BCUT2D eigenvalue weighted by atomic mass is 16.5. The number of carbonyl (C=O) groups excluding carboxylic acids is 2. The van der Waals surface area contributed by atoms with E-state index in [1.54, 1.807) is 17.7 Å². The van der Waals surface area contributed by atoms with E-state index in [1.807, 2.05) is 75.5 Å². The van der Waals surface area contributed by atoms with Crippen molar-refractivity contribution in [3.05, 3.63) is 77.6 Å². The number of carbonyl (C=O) groups is 2. The summed E-state index contributed by atoms with van der Waals surface area (Å²) in [7, 11) is 1.84. The van der Waals surface area contributed by atoms with Crippen LogP contribution in [0.25, 0.3) is 17.2 Å². The number of benzene rings is 2. The molecule has 3 aromatic rings. The fourth-order valence-electron chi connectivity index (χ4n) is 3.15. The third kappa shape index (κ3) is 4.84. The molecular weight excluding hydrogens is 378 g/mol. The van der Waals surface area contributed by atoms with Gasteiger partial charge in [-0.15, -0.1) is 0 Å². The van der Waals surface area contributed by atoms with Crippen molar-refractivity contribution in [1.29, 1.82) is 0 Å². The van der Waals surface area contributed by atoms with Crippen molar-refractivity contribution in [1.82, 2.24) is 9.78 Å². The van der Waals surface area contributed by atoms with E-state index in [0.717, 1.165) is 28.1 Å². The lowest BCUT2D eigenvalue weighted by Crippen LogP contribution is -2.29. The van der Waals surface area contributed by atoms with Crippen molar-refractivity contribution in [2.24, 2.45) is 7.05 Å². The van der Waals surface area contributed by atoms with Gasteiger partial charge in [-0.2, -0.15) is 5.10 Å². The molecule has 0 aliphatic carbocycles. The number of aromatic nitrogens is 2. The summed E-state index contributed by atoms with van der Waals surface area (Å²) < 4.78 is 7.02. The first kappa shape index (κ1) is 21.0. The minimum Gasteiger partial charge on any atom is -0.449 e. The van der Waals surface area contributed by atoms with E-state index in [0.29, 0.717) is 5.69 Å². The van der Waals surface area contributed by atoms with Gasteiger partial charge in [-0.05, 0) is 38.5 Å². The molecule has 0 unspecified atom stereocenters. The molecule has 3 rings (SSSR count). The molecule has 0 spiro atoms. The van der Waals surface area contributed by atoms with E-state index in [1.165, 1.54) is 6.08 Å². The summed E-state index contributed by atoms with van der Waals surface area (Å²) in [5.74, 6) is -0.981. The number of rotatable bonds is 6. The number of nitrogens with one attached hydrogen (secondary N) is 1. The van der Waals surface area contributed by atoms with Gasteiger partial charge in [-0.1, -0.05) is 48.5 Å². The maximum atomic E-state index is 12.6. The number of esters is 1. The van der Waals surface area contributed by atoms with Gasteiger partial charge in [-0.25, -0.2) is 4.79 Å². The van der Waals surface area contributed by atoms with E-state index < -0.39 is 18.0 Å². The second-order valence-electron chi connectivity index (χ2n) is 7.02. The Labute approximate surface area is 176 Å². The van der Waals surface area contributed by atoms with Crippen LogP contribution >= 0.6 is 0 Å². The number of aryl methyl sites for hydroxylation is 2. The third-order valence-corrected chi connectivity index (χ3v) is 4.88. The van der Waals surface area contributed by atoms with Crippen molar-refractivity contribution in [3.63, 3.8) is 0 Å². The van der Waals surface area contributed by atoms with Crippen LogP contribution in [0.4, 0.5) is 5.69 Å². The summed E-state index contributed by atoms with van der Waals surface area (Å²) >= 11 is 0. The smallest absolute Gasteiger partial charge is 0.331 e. The summed E-state index contributed by atoms with van der Waals surface area (Å²) in [5.41, 5.74) is 5.18. The standard InChI is InChI=1S/C24H25N3O3/c1-16-20(17(2)27(4)26-16)14-15-23(28)30-18(3)24(29)25-22-13-9-8-12-21(22)19-10-6-5-7-11-19/h5-15,18H,1-4H3,(H,25,29)/b15-14+/t18-/m0/s1. The number of hydrogen-bond acceptors (Lipinski definition) is 4. The normalized spacial score (nSPS) is 12.0. The van der Waals surface area contributed by atoms with Crippen molar-refractivity contribution in [2.45, 2.75) is 26.9 Å². The minimum absolute atomic E-state index is 0.395. The molecule has 0 fully saturated rings. The molecule has 1 atom stereocenters. The average Bonchev–Trinajstić information content (AvgIpc) is 2.98. The highest BCUT2D eigenvalue weighted by Gasteiger charge is 2.18. The number of hydrogen-bond donors (Lipinski definition) is 1.